The Hall–Kier alpha value is -1.75. The number of nitrogens with zero attached hydrogens (tertiary/aromatic N) is 3. The Bertz CT molecular complexity index is 460. The fraction of sp³-hybridized carbons (Fsp3) is 0.417. The van der Waals surface area contributed by atoms with Gasteiger partial charge in [-0.1, -0.05) is 0 Å². The van der Waals surface area contributed by atoms with Gasteiger partial charge in [0.05, 0.1) is 18.1 Å². The van der Waals surface area contributed by atoms with Crippen molar-refractivity contribution in [3.8, 4) is 11.6 Å². The van der Waals surface area contributed by atoms with Gasteiger partial charge in [-0.15, -0.1) is 0 Å². The zero-order chi connectivity index (χ0) is 11.5. The van der Waals surface area contributed by atoms with Gasteiger partial charge in [-0.3, -0.25) is 4.98 Å². The fourth-order valence-electron chi connectivity index (χ4n) is 2.11. The summed E-state index contributed by atoms with van der Waals surface area (Å²) in [5.41, 5.74) is 1.73. The molecule has 1 N–H and O–H groups in total. The molecule has 0 radical (unpaired) electrons. The molecule has 2 aromatic rings. The number of rotatable bonds is 2. The maximum Gasteiger partial charge on any atom is 0.246 e. The molecule has 2 aromatic heterocycles. The molecule has 1 aliphatic heterocycles. The first-order chi connectivity index (χ1) is 8.43. The molecule has 0 spiro atoms. The van der Waals surface area contributed by atoms with Gasteiger partial charge in [0, 0.05) is 18.7 Å². The number of nitrogens with one attached hydrogen (secondary N) is 1. The average Bonchev–Trinajstić information content (AvgIpc) is 2.94. The zero-order valence-corrected chi connectivity index (χ0v) is 9.47. The molecule has 88 valence electrons. The zero-order valence-electron chi connectivity index (χ0n) is 9.47. The Labute approximate surface area is 99.3 Å². The van der Waals surface area contributed by atoms with Gasteiger partial charge in [-0.25, -0.2) is 9.97 Å². The molecule has 5 heteroatoms. The summed E-state index contributed by atoms with van der Waals surface area (Å²) in [6.07, 6.45) is 9.09. The van der Waals surface area contributed by atoms with Crippen LogP contribution in [-0.4, -0.2) is 28.0 Å². The number of hydrogen-bond donors (Lipinski definition) is 1. The maximum atomic E-state index is 5.18. The van der Waals surface area contributed by atoms with Crippen LogP contribution in [0.1, 0.15) is 24.5 Å². The molecular weight excluding hydrogens is 216 g/mol. The Morgan fingerprint density at radius 3 is 2.88 bits per heavy atom. The Morgan fingerprint density at radius 1 is 1.24 bits per heavy atom. The van der Waals surface area contributed by atoms with Crippen LogP contribution in [0.2, 0.25) is 0 Å². The molecule has 5 nitrogen and oxygen atoms in total. The summed E-state index contributed by atoms with van der Waals surface area (Å²) in [7, 11) is 0. The van der Waals surface area contributed by atoms with Crippen LogP contribution in [0.5, 0.6) is 0 Å². The van der Waals surface area contributed by atoms with E-state index in [-0.39, 0.29) is 0 Å². The van der Waals surface area contributed by atoms with Crippen molar-refractivity contribution in [3.05, 3.63) is 30.5 Å². The van der Waals surface area contributed by atoms with E-state index < -0.39 is 0 Å². The third kappa shape index (κ3) is 2.19. The van der Waals surface area contributed by atoms with E-state index in [1.165, 1.54) is 19.1 Å². The highest BCUT2D eigenvalue weighted by molar-refractivity contribution is 5.44. The van der Waals surface area contributed by atoms with E-state index in [9.17, 15) is 0 Å². The van der Waals surface area contributed by atoms with Crippen molar-refractivity contribution in [1.82, 2.24) is 20.3 Å². The second-order valence-corrected chi connectivity index (χ2v) is 4.21. The normalized spacial score (nSPS) is 20.4. The molecule has 3 heterocycles. The fourth-order valence-corrected chi connectivity index (χ4v) is 2.11. The summed E-state index contributed by atoms with van der Waals surface area (Å²) in [5.74, 6) is 1.00. The van der Waals surface area contributed by atoms with E-state index in [2.05, 4.69) is 20.3 Å². The highest BCUT2D eigenvalue weighted by Crippen LogP contribution is 2.22. The second kappa shape index (κ2) is 4.63. The Morgan fingerprint density at radius 2 is 2.24 bits per heavy atom. The van der Waals surface area contributed by atoms with E-state index in [1.54, 1.807) is 12.4 Å². The summed E-state index contributed by atoms with van der Waals surface area (Å²) >= 11 is 0. The van der Waals surface area contributed by atoms with Crippen molar-refractivity contribution in [2.75, 3.05) is 13.1 Å². The molecule has 3 rings (SSSR count). The molecule has 0 unspecified atom stereocenters. The predicted molar refractivity (Wildman–Crippen MR) is 62.4 cm³/mol. The number of aromatic nitrogens is 3. The van der Waals surface area contributed by atoms with E-state index in [0.717, 1.165) is 18.8 Å². The Balaban J connectivity index is 1.80. The van der Waals surface area contributed by atoms with Crippen LogP contribution < -0.4 is 5.32 Å². The molecular formula is C12H14N4O. The lowest BCUT2D eigenvalue weighted by Crippen LogP contribution is -2.28. The molecule has 0 aliphatic carbocycles. The van der Waals surface area contributed by atoms with Crippen molar-refractivity contribution in [2.24, 2.45) is 0 Å². The molecule has 0 bridgehead atoms. The van der Waals surface area contributed by atoms with Crippen LogP contribution in [0.4, 0.5) is 0 Å². The van der Waals surface area contributed by atoms with Crippen LogP contribution in [0, 0.1) is 0 Å². The number of hydrogen-bond acceptors (Lipinski definition) is 5. The lowest BCUT2D eigenvalue weighted by molar-refractivity contribution is 0.453. The standard InChI is InChI=1S/C12H14N4O/c1-2-9(6-13-3-1)10-7-16-11(8-15-10)12-14-4-5-17-12/h4-5,7-9,13H,1-3,6H2/t9-/m1/s1. The minimum atomic E-state index is 0.481. The van der Waals surface area contributed by atoms with Gasteiger partial charge in [0.15, 0.2) is 0 Å². The van der Waals surface area contributed by atoms with Crippen molar-refractivity contribution < 1.29 is 4.42 Å². The highest BCUT2D eigenvalue weighted by atomic mass is 16.3. The van der Waals surface area contributed by atoms with Gasteiger partial charge in [0.1, 0.15) is 12.0 Å². The van der Waals surface area contributed by atoms with Crippen LogP contribution in [-0.2, 0) is 0 Å². The highest BCUT2D eigenvalue weighted by Gasteiger charge is 2.17. The monoisotopic (exact) mass is 230 g/mol. The first kappa shape index (κ1) is 10.4. The van der Waals surface area contributed by atoms with E-state index in [0.29, 0.717) is 17.5 Å². The third-order valence-corrected chi connectivity index (χ3v) is 3.04. The van der Waals surface area contributed by atoms with Crippen LogP contribution in [0.25, 0.3) is 11.6 Å². The third-order valence-electron chi connectivity index (χ3n) is 3.04. The number of piperidine rings is 1. The lowest BCUT2D eigenvalue weighted by atomic mass is 9.96. The summed E-state index contributed by atoms with van der Waals surface area (Å²) < 4.78 is 5.18. The van der Waals surface area contributed by atoms with E-state index >= 15 is 0 Å². The van der Waals surface area contributed by atoms with Crippen molar-refractivity contribution >= 4 is 0 Å². The van der Waals surface area contributed by atoms with Gasteiger partial charge < -0.3 is 9.73 Å². The van der Waals surface area contributed by atoms with E-state index in [1.807, 2.05) is 6.20 Å². The van der Waals surface area contributed by atoms with Crippen LogP contribution >= 0.6 is 0 Å². The molecule has 17 heavy (non-hydrogen) atoms. The molecule has 1 saturated heterocycles. The SMILES string of the molecule is c1coc(-c2cnc([C@@H]3CCCNC3)cn2)n1. The van der Waals surface area contributed by atoms with Crippen molar-refractivity contribution in [3.63, 3.8) is 0 Å². The topological polar surface area (TPSA) is 63.8 Å². The first-order valence-corrected chi connectivity index (χ1v) is 5.86. The van der Waals surface area contributed by atoms with Crippen LogP contribution in [0.3, 0.4) is 0 Å². The van der Waals surface area contributed by atoms with E-state index in [4.69, 9.17) is 4.42 Å². The molecule has 1 aliphatic rings. The van der Waals surface area contributed by atoms with Gasteiger partial charge in [0.25, 0.3) is 0 Å². The van der Waals surface area contributed by atoms with Gasteiger partial charge in [0.2, 0.25) is 5.89 Å². The summed E-state index contributed by atoms with van der Waals surface area (Å²) in [4.78, 5) is 12.9. The summed E-state index contributed by atoms with van der Waals surface area (Å²) in [6, 6.07) is 0. The van der Waals surface area contributed by atoms with Crippen molar-refractivity contribution in [2.45, 2.75) is 18.8 Å². The number of oxazole rings is 1. The van der Waals surface area contributed by atoms with Crippen molar-refractivity contribution in [1.29, 1.82) is 0 Å². The second-order valence-electron chi connectivity index (χ2n) is 4.21. The van der Waals surface area contributed by atoms with Crippen LogP contribution in [0.15, 0.2) is 29.3 Å². The van der Waals surface area contributed by atoms with Gasteiger partial charge >= 0.3 is 0 Å². The minimum Gasteiger partial charge on any atom is -0.443 e. The molecule has 1 fully saturated rings. The predicted octanol–water partition coefficient (Wildman–Crippen LogP) is 1.60. The summed E-state index contributed by atoms with van der Waals surface area (Å²) in [5, 5.41) is 3.38. The largest absolute Gasteiger partial charge is 0.443 e. The quantitative estimate of drug-likeness (QED) is 0.849. The molecule has 1 atom stereocenters. The molecule has 0 saturated carbocycles. The van der Waals surface area contributed by atoms with Gasteiger partial charge in [-0.2, -0.15) is 0 Å². The maximum absolute atomic E-state index is 5.18. The smallest absolute Gasteiger partial charge is 0.246 e. The van der Waals surface area contributed by atoms with Gasteiger partial charge in [-0.05, 0) is 19.4 Å². The molecule has 0 aromatic carbocycles. The average molecular weight is 230 g/mol. The minimum absolute atomic E-state index is 0.481. The lowest BCUT2D eigenvalue weighted by Gasteiger charge is -2.21. The first-order valence-electron chi connectivity index (χ1n) is 5.86. The Kier molecular flexibility index (Phi) is 2.83. The molecule has 0 amide bonds. The summed E-state index contributed by atoms with van der Waals surface area (Å²) in [6.45, 7) is 2.10.